The van der Waals surface area contributed by atoms with E-state index >= 15 is 0 Å². The van der Waals surface area contributed by atoms with Gasteiger partial charge in [-0.15, -0.1) is 0 Å². The Balaban J connectivity index is 1.56. The van der Waals surface area contributed by atoms with Crippen molar-refractivity contribution in [3.63, 3.8) is 0 Å². The predicted molar refractivity (Wildman–Crippen MR) is 126 cm³/mol. The third-order valence-electron chi connectivity index (χ3n) is 5.31. The van der Waals surface area contributed by atoms with Gasteiger partial charge in [0.05, 0.1) is 34.0 Å². The van der Waals surface area contributed by atoms with E-state index < -0.39 is 38.9 Å². The zero-order valence-electron chi connectivity index (χ0n) is 18.5. The summed E-state index contributed by atoms with van der Waals surface area (Å²) >= 11 is 0.658. The van der Waals surface area contributed by atoms with Gasteiger partial charge in [-0.25, -0.2) is 0 Å². The minimum absolute atomic E-state index is 0.0454. The molecule has 0 unspecified atom stereocenters. The molecule has 2 aliphatic heterocycles. The average Bonchev–Trinajstić information content (AvgIpc) is 3.13. The van der Waals surface area contributed by atoms with E-state index in [4.69, 9.17) is 9.47 Å². The number of imide groups is 1. The first-order valence-electron chi connectivity index (χ1n) is 10.5. The number of amides is 3. The van der Waals surface area contributed by atoms with Gasteiger partial charge in [-0.3, -0.25) is 39.5 Å². The molecule has 2 aliphatic rings. The average molecular weight is 514 g/mol. The minimum Gasteiger partial charge on any atom is -0.449 e. The van der Waals surface area contributed by atoms with Crippen molar-refractivity contribution in [1.82, 2.24) is 9.80 Å². The number of hydrogen-bond donors (Lipinski definition) is 0. The molecule has 13 nitrogen and oxygen atoms in total. The molecule has 2 saturated heterocycles. The standard InChI is InChI=1S/C22H18N4O9S/c27-20(23-7-9-34-10-8-23)13-24-21(28)19(36-22(24)29)11-14-3-1-2-4-17(14)35-18-6-5-15(25(30)31)12-16(18)26(32)33/h1-6,11-12H,7-10,13H2/b19-11+. The van der Waals surface area contributed by atoms with E-state index in [9.17, 15) is 34.6 Å². The van der Waals surface area contributed by atoms with E-state index in [1.807, 2.05) is 0 Å². The van der Waals surface area contributed by atoms with Crippen molar-refractivity contribution in [2.24, 2.45) is 0 Å². The van der Waals surface area contributed by atoms with Crippen LogP contribution in [0.3, 0.4) is 0 Å². The van der Waals surface area contributed by atoms with Gasteiger partial charge < -0.3 is 14.4 Å². The molecule has 0 radical (unpaired) electrons. The third kappa shape index (κ3) is 5.34. The van der Waals surface area contributed by atoms with Crippen molar-refractivity contribution in [3.8, 4) is 11.5 Å². The van der Waals surface area contributed by atoms with Crippen molar-refractivity contribution >= 4 is 46.3 Å². The fourth-order valence-electron chi connectivity index (χ4n) is 3.49. The summed E-state index contributed by atoms with van der Waals surface area (Å²) in [5.74, 6) is -1.14. The summed E-state index contributed by atoms with van der Waals surface area (Å²) in [7, 11) is 0. The van der Waals surface area contributed by atoms with Gasteiger partial charge >= 0.3 is 5.69 Å². The number of hydrogen-bond acceptors (Lipinski definition) is 10. The molecule has 186 valence electrons. The molecule has 0 saturated carbocycles. The highest BCUT2D eigenvalue weighted by Gasteiger charge is 2.37. The van der Waals surface area contributed by atoms with E-state index in [2.05, 4.69) is 0 Å². The number of non-ortho nitro benzene ring substituents is 1. The minimum atomic E-state index is -0.804. The maximum Gasteiger partial charge on any atom is 0.318 e. The van der Waals surface area contributed by atoms with Gasteiger partial charge in [0.15, 0.2) is 0 Å². The molecular weight excluding hydrogens is 496 g/mol. The SMILES string of the molecule is O=C(CN1C(=O)S/C(=C/c2ccccc2Oc2ccc([N+](=O)[O-])cc2[N+](=O)[O-])C1=O)N1CCOCC1. The van der Waals surface area contributed by atoms with Crippen molar-refractivity contribution in [1.29, 1.82) is 0 Å². The number of nitrogens with zero attached hydrogens (tertiary/aromatic N) is 4. The number of nitro groups is 2. The Hall–Kier alpha value is -4.30. The molecule has 0 atom stereocenters. The maximum atomic E-state index is 12.9. The number of morpholine rings is 1. The molecule has 0 aromatic heterocycles. The zero-order valence-corrected chi connectivity index (χ0v) is 19.3. The Morgan fingerprint density at radius 2 is 1.78 bits per heavy atom. The summed E-state index contributed by atoms with van der Waals surface area (Å²) in [6.07, 6.45) is 1.39. The van der Waals surface area contributed by atoms with Crippen LogP contribution in [0.1, 0.15) is 5.56 Å². The summed E-state index contributed by atoms with van der Waals surface area (Å²) in [5.41, 5.74) is -0.751. The van der Waals surface area contributed by atoms with E-state index in [0.717, 1.165) is 23.1 Å². The van der Waals surface area contributed by atoms with Crippen LogP contribution in [-0.4, -0.2) is 69.5 Å². The lowest BCUT2D eigenvalue weighted by Crippen LogP contribution is -2.46. The second-order valence-corrected chi connectivity index (χ2v) is 8.56. The number of rotatable bonds is 7. The monoisotopic (exact) mass is 514 g/mol. The molecular formula is C22H18N4O9S. The van der Waals surface area contributed by atoms with Crippen molar-refractivity contribution in [2.75, 3.05) is 32.8 Å². The summed E-state index contributed by atoms with van der Waals surface area (Å²) in [6.45, 7) is 1.14. The Morgan fingerprint density at radius 1 is 1.06 bits per heavy atom. The number of nitro benzene ring substituents is 2. The summed E-state index contributed by atoms with van der Waals surface area (Å²) in [5, 5.41) is 21.8. The van der Waals surface area contributed by atoms with E-state index in [1.165, 1.54) is 17.0 Å². The molecule has 2 heterocycles. The summed E-state index contributed by atoms with van der Waals surface area (Å²) in [4.78, 5) is 61.1. The number of carbonyl (C=O) groups is 3. The first-order valence-corrected chi connectivity index (χ1v) is 11.4. The van der Waals surface area contributed by atoms with E-state index in [1.54, 1.807) is 18.2 Å². The van der Waals surface area contributed by atoms with Crippen molar-refractivity contribution < 1.29 is 33.7 Å². The number of ether oxygens (including phenoxy) is 2. The van der Waals surface area contributed by atoms with Gasteiger partial charge in [-0.1, -0.05) is 18.2 Å². The largest absolute Gasteiger partial charge is 0.449 e. The smallest absolute Gasteiger partial charge is 0.318 e. The molecule has 2 aromatic rings. The van der Waals surface area contributed by atoms with Gasteiger partial charge in [0.2, 0.25) is 11.7 Å². The lowest BCUT2D eigenvalue weighted by atomic mass is 10.1. The third-order valence-corrected chi connectivity index (χ3v) is 6.21. The molecule has 0 aliphatic carbocycles. The predicted octanol–water partition coefficient (Wildman–Crippen LogP) is 3.19. The normalized spacial score (nSPS) is 16.9. The van der Waals surface area contributed by atoms with Crippen molar-refractivity contribution in [3.05, 3.63) is 73.2 Å². The van der Waals surface area contributed by atoms with E-state index in [-0.39, 0.29) is 22.3 Å². The van der Waals surface area contributed by atoms with Crippen LogP contribution >= 0.6 is 11.8 Å². The Morgan fingerprint density at radius 3 is 2.47 bits per heavy atom. The molecule has 14 heteroatoms. The lowest BCUT2D eigenvalue weighted by Gasteiger charge is -2.28. The highest BCUT2D eigenvalue weighted by molar-refractivity contribution is 8.18. The fraction of sp³-hybridized carbons (Fsp3) is 0.227. The van der Waals surface area contributed by atoms with Gasteiger partial charge in [0, 0.05) is 24.7 Å². The fourth-order valence-corrected chi connectivity index (χ4v) is 4.31. The number of carbonyl (C=O) groups excluding carboxylic acids is 3. The van der Waals surface area contributed by atoms with Crippen LogP contribution in [0.25, 0.3) is 6.08 Å². The number of para-hydroxylation sites is 1. The quantitative estimate of drug-likeness (QED) is 0.305. The molecule has 2 aromatic carbocycles. The Labute approximate surface area is 207 Å². The van der Waals surface area contributed by atoms with Crippen LogP contribution in [0, 0.1) is 20.2 Å². The van der Waals surface area contributed by atoms with Gasteiger partial charge in [-0.05, 0) is 30.0 Å². The molecule has 0 N–H and O–H groups in total. The zero-order chi connectivity index (χ0) is 25.8. The van der Waals surface area contributed by atoms with Crippen LogP contribution in [0.15, 0.2) is 47.4 Å². The van der Waals surface area contributed by atoms with Gasteiger partial charge in [-0.2, -0.15) is 0 Å². The second-order valence-electron chi connectivity index (χ2n) is 7.57. The lowest BCUT2D eigenvalue weighted by molar-refractivity contribution is -0.394. The molecule has 3 amide bonds. The molecule has 4 rings (SSSR count). The molecule has 0 bridgehead atoms. The Kier molecular flexibility index (Phi) is 7.26. The molecule has 2 fully saturated rings. The van der Waals surface area contributed by atoms with Crippen LogP contribution < -0.4 is 4.74 Å². The first kappa shape index (κ1) is 24.8. The van der Waals surface area contributed by atoms with E-state index in [0.29, 0.717) is 43.6 Å². The van der Waals surface area contributed by atoms with Gasteiger partial charge in [0.25, 0.3) is 16.8 Å². The summed E-state index contributed by atoms with van der Waals surface area (Å²) in [6, 6.07) is 9.25. The van der Waals surface area contributed by atoms with Crippen LogP contribution in [0.4, 0.5) is 16.2 Å². The molecule has 0 spiro atoms. The first-order chi connectivity index (χ1) is 17.2. The highest BCUT2D eigenvalue weighted by Crippen LogP contribution is 2.38. The van der Waals surface area contributed by atoms with Gasteiger partial charge in [0.1, 0.15) is 12.3 Å². The van der Waals surface area contributed by atoms with Crippen LogP contribution in [0.5, 0.6) is 11.5 Å². The number of benzene rings is 2. The Bertz CT molecular complexity index is 1290. The highest BCUT2D eigenvalue weighted by atomic mass is 32.2. The van der Waals surface area contributed by atoms with Crippen LogP contribution in [0.2, 0.25) is 0 Å². The number of thioether (sulfide) groups is 1. The second kappa shape index (κ2) is 10.5. The maximum absolute atomic E-state index is 12.9. The van der Waals surface area contributed by atoms with Crippen LogP contribution in [-0.2, 0) is 14.3 Å². The van der Waals surface area contributed by atoms with Crippen molar-refractivity contribution in [2.45, 2.75) is 0 Å². The topological polar surface area (TPSA) is 162 Å². The summed E-state index contributed by atoms with van der Waals surface area (Å²) < 4.78 is 10.9. The molecule has 36 heavy (non-hydrogen) atoms.